The number of fused-ring (bicyclic) bond motifs is 1. The third-order valence-corrected chi connectivity index (χ3v) is 5.86. The Balaban J connectivity index is 1.55. The molecule has 0 saturated carbocycles. The third-order valence-electron chi connectivity index (χ3n) is 5.86. The van der Waals surface area contributed by atoms with Gasteiger partial charge in [0.2, 0.25) is 5.91 Å². The lowest BCUT2D eigenvalue weighted by atomic mass is 9.84. The Morgan fingerprint density at radius 1 is 1.10 bits per heavy atom. The molecule has 6 heteroatoms. The molecule has 0 radical (unpaired) electrons. The maximum atomic E-state index is 13.1. The number of Topliss-reactive ketones (excluding diaryl/α,β-unsaturated/α-hetero) is 1. The van der Waals surface area contributed by atoms with Gasteiger partial charge >= 0.3 is 0 Å². The Bertz CT molecular complexity index is 963. The smallest absolute Gasteiger partial charge is 0.254 e. The highest BCUT2D eigenvalue weighted by Gasteiger charge is 2.46. The van der Waals surface area contributed by atoms with Gasteiger partial charge in [0, 0.05) is 36.6 Å². The van der Waals surface area contributed by atoms with Crippen LogP contribution in [0.3, 0.4) is 0 Å². The minimum atomic E-state index is -0.573. The Morgan fingerprint density at radius 2 is 1.86 bits per heavy atom. The number of ether oxygens (including phenoxy) is 1. The number of carbonyl (C=O) groups excluding carboxylic acids is 3. The van der Waals surface area contributed by atoms with Crippen LogP contribution in [0.1, 0.15) is 52.5 Å². The molecule has 0 aromatic heterocycles. The molecule has 29 heavy (non-hydrogen) atoms. The summed E-state index contributed by atoms with van der Waals surface area (Å²) in [4.78, 5) is 39.5. The molecule has 150 valence electrons. The van der Waals surface area contributed by atoms with Gasteiger partial charge in [-0.3, -0.25) is 14.4 Å². The summed E-state index contributed by atoms with van der Waals surface area (Å²) in [5, 5.41) is 2.90. The zero-order valence-electron chi connectivity index (χ0n) is 16.4. The Morgan fingerprint density at radius 3 is 2.59 bits per heavy atom. The minimum Gasteiger partial charge on any atom is -0.381 e. The van der Waals surface area contributed by atoms with Gasteiger partial charge in [0.05, 0.1) is 12.0 Å². The number of ketones is 1. The molecule has 2 aromatic rings. The average molecular weight is 392 g/mol. The van der Waals surface area contributed by atoms with Gasteiger partial charge in [-0.2, -0.15) is 0 Å². The standard InChI is InChI=1S/C23H24N2O4/c1-16(26)17-6-4-7-19(13-17)24-21(27)14-23(9-11-29-12-10-23)25-15-18-5-2-3-8-20(18)22(25)28/h2-8,13H,9-12,14-15H2,1H3,(H,24,27). The van der Waals surface area contributed by atoms with Crippen LogP contribution in [0.4, 0.5) is 5.69 Å². The second-order valence-electron chi connectivity index (χ2n) is 7.75. The first-order valence-electron chi connectivity index (χ1n) is 9.87. The largest absolute Gasteiger partial charge is 0.381 e. The molecule has 0 unspecified atom stereocenters. The molecule has 4 rings (SSSR count). The molecule has 0 bridgehead atoms. The molecule has 2 heterocycles. The van der Waals surface area contributed by atoms with Crippen LogP contribution in [-0.2, 0) is 16.1 Å². The topological polar surface area (TPSA) is 75.7 Å². The predicted octanol–water partition coefficient (Wildman–Crippen LogP) is 3.42. The molecule has 2 aliphatic heterocycles. The number of amides is 2. The lowest BCUT2D eigenvalue weighted by Crippen LogP contribution is -2.54. The summed E-state index contributed by atoms with van der Waals surface area (Å²) in [6.45, 7) is 3.05. The summed E-state index contributed by atoms with van der Waals surface area (Å²) >= 11 is 0. The van der Waals surface area contributed by atoms with Crippen molar-refractivity contribution in [3.8, 4) is 0 Å². The van der Waals surface area contributed by atoms with Gasteiger partial charge in [-0.25, -0.2) is 0 Å². The Kier molecular flexibility index (Phi) is 5.20. The van der Waals surface area contributed by atoms with Crippen molar-refractivity contribution in [2.45, 2.75) is 38.3 Å². The number of anilines is 1. The van der Waals surface area contributed by atoms with Gasteiger partial charge in [0.25, 0.3) is 5.91 Å². The van der Waals surface area contributed by atoms with Crippen LogP contribution in [0.15, 0.2) is 48.5 Å². The molecule has 1 fully saturated rings. The maximum Gasteiger partial charge on any atom is 0.254 e. The van der Waals surface area contributed by atoms with E-state index in [2.05, 4.69) is 5.32 Å². The van der Waals surface area contributed by atoms with Gasteiger partial charge in [-0.05, 0) is 43.5 Å². The van der Waals surface area contributed by atoms with E-state index in [-0.39, 0.29) is 24.0 Å². The molecule has 2 aromatic carbocycles. The number of hydrogen-bond donors (Lipinski definition) is 1. The molecule has 1 saturated heterocycles. The minimum absolute atomic E-state index is 0.0196. The number of rotatable bonds is 5. The van der Waals surface area contributed by atoms with Gasteiger partial charge in [-0.1, -0.05) is 30.3 Å². The first-order valence-corrected chi connectivity index (χ1v) is 9.87. The van der Waals surface area contributed by atoms with Crippen LogP contribution < -0.4 is 5.32 Å². The molecule has 0 spiro atoms. The monoisotopic (exact) mass is 392 g/mol. The first-order chi connectivity index (χ1) is 14.0. The Labute approximate surface area is 169 Å². The van der Waals surface area contributed by atoms with Gasteiger partial charge < -0.3 is 15.0 Å². The average Bonchev–Trinajstić information content (AvgIpc) is 3.06. The number of nitrogens with zero attached hydrogens (tertiary/aromatic N) is 1. The molecule has 2 amide bonds. The van der Waals surface area contributed by atoms with E-state index in [0.29, 0.717) is 49.4 Å². The van der Waals surface area contributed by atoms with E-state index in [1.165, 1.54) is 6.92 Å². The van der Waals surface area contributed by atoms with Crippen LogP contribution in [0.5, 0.6) is 0 Å². The molecule has 0 aliphatic carbocycles. The summed E-state index contributed by atoms with van der Waals surface area (Å²) in [6.07, 6.45) is 1.43. The number of hydrogen-bond acceptors (Lipinski definition) is 4. The maximum absolute atomic E-state index is 13.1. The predicted molar refractivity (Wildman–Crippen MR) is 109 cm³/mol. The van der Waals surface area contributed by atoms with Crippen molar-refractivity contribution in [2.75, 3.05) is 18.5 Å². The zero-order chi connectivity index (χ0) is 20.4. The van der Waals surface area contributed by atoms with Gasteiger partial charge in [-0.15, -0.1) is 0 Å². The molecule has 0 atom stereocenters. The molecule has 2 aliphatic rings. The van der Waals surface area contributed by atoms with Gasteiger partial charge in [0.15, 0.2) is 5.78 Å². The zero-order valence-corrected chi connectivity index (χ0v) is 16.4. The van der Waals surface area contributed by atoms with Crippen molar-refractivity contribution in [1.29, 1.82) is 0 Å². The van der Waals surface area contributed by atoms with E-state index < -0.39 is 5.54 Å². The van der Waals surface area contributed by atoms with E-state index >= 15 is 0 Å². The fourth-order valence-electron chi connectivity index (χ4n) is 4.25. The van der Waals surface area contributed by atoms with Gasteiger partial charge in [0.1, 0.15) is 0 Å². The quantitative estimate of drug-likeness (QED) is 0.791. The molecular weight excluding hydrogens is 368 g/mol. The molecular formula is C23H24N2O4. The summed E-state index contributed by atoms with van der Waals surface area (Å²) in [5.74, 6) is -0.243. The normalized spacial score (nSPS) is 17.7. The highest BCUT2D eigenvalue weighted by molar-refractivity contribution is 6.00. The second-order valence-corrected chi connectivity index (χ2v) is 7.75. The lowest BCUT2D eigenvalue weighted by Gasteiger charge is -2.44. The van der Waals surface area contributed by atoms with Crippen molar-refractivity contribution < 1.29 is 19.1 Å². The van der Waals surface area contributed by atoms with E-state index in [9.17, 15) is 14.4 Å². The highest BCUT2D eigenvalue weighted by Crippen LogP contribution is 2.38. The lowest BCUT2D eigenvalue weighted by molar-refractivity contribution is -0.120. The van der Waals surface area contributed by atoms with Crippen molar-refractivity contribution in [3.05, 3.63) is 65.2 Å². The SMILES string of the molecule is CC(=O)c1cccc(NC(=O)CC2(N3Cc4ccccc4C3=O)CCOCC2)c1. The Hall–Kier alpha value is -2.99. The van der Waals surface area contributed by atoms with Crippen LogP contribution >= 0.6 is 0 Å². The van der Waals surface area contributed by atoms with E-state index in [0.717, 1.165) is 5.56 Å². The van der Waals surface area contributed by atoms with Crippen LogP contribution in [-0.4, -0.2) is 41.3 Å². The number of carbonyl (C=O) groups is 3. The number of benzene rings is 2. The summed E-state index contributed by atoms with van der Waals surface area (Å²) in [6, 6.07) is 14.5. The molecule has 6 nitrogen and oxygen atoms in total. The second kappa shape index (κ2) is 7.79. The summed E-state index contributed by atoms with van der Waals surface area (Å²) in [5.41, 5.74) is 2.27. The fraction of sp³-hybridized carbons (Fsp3) is 0.348. The molecule has 1 N–H and O–H groups in total. The van der Waals surface area contributed by atoms with E-state index in [1.807, 2.05) is 29.2 Å². The number of nitrogens with one attached hydrogen (secondary N) is 1. The van der Waals surface area contributed by atoms with E-state index in [4.69, 9.17) is 4.74 Å². The van der Waals surface area contributed by atoms with Crippen LogP contribution in [0.25, 0.3) is 0 Å². The summed E-state index contributed by atoms with van der Waals surface area (Å²) in [7, 11) is 0. The summed E-state index contributed by atoms with van der Waals surface area (Å²) < 4.78 is 5.53. The van der Waals surface area contributed by atoms with E-state index in [1.54, 1.807) is 24.3 Å². The van der Waals surface area contributed by atoms with Crippen LogP contribution in [0, 0.1) is 0 Å². The van der Waals surface area contributed by atoms with Crippen molar-refractivity contribution >= 4 is 23.3 Å². The van der Waals surface area contributed by atoms with Crippen molar-refractivity contribution in [2.24, 2.45) is 0 Å². The third kappa shape index (κ3) is 3.80. The fourth-order valence-corrected chi connectivity index (χ4v) is 4.25. The highest BCUT2D eigenvalue weighted by atomic mass is 16.5. The van der Waals surface area contributed by atoms with Crippen LogP contribution in [0.2, 0.25) is 0 Å². The first kappa shape index (κ1) is 19.3. The van der Waals surface area contributed by atoms with Crippen molar-refractivity contribution in [1.82, 2.24) is 4.90 Å². The van der Waals surface area contributed by atoms with Crippen molar-refractivity contribution in [3.63, 3.8) is 0 Å².